The summed E-state index contributed by atoms with van der Waals surface area (Å²) in [7, 11) is 0. The van der Waals surface area contributed by atoms with E-state index < -0.39 is 6.04 Å². The number of carbonyl (C=O) groups is 2. The van der Waals surface area contributed by atoms with E-state index in [1.165, 1.54) is 11.1 Å². The van der Waals surface area contributed by atoms with Crippen molar-refractivity contribution in [3.05, 3.63) is 119 Å². The largest absolute Gasteiger partial charge is 0.459 e. The van der Waals surface area contributed by atoms with E-state index in [0.29, 0.717) is 13.0 Å². The van der Waals surface area contributed by atoms with Crippen LogP contribution in [-0.4, -0.2) is 40.3 Å². The second kappa shape index (κ2) is 10.7. The molecule has 5 nitrogen and oxygen atoms in total. The number of hydrogen-bond acceptors (Lipinski definition) is 4. The van der Waals surface area contributed by atoms with Crippen molar-refractivity contribution in [2.24, 2.45) is 0 Å². The zero-order valence-electron chi connectivity index (χ0n) is 19.8. The Balaban J connectivity index is 1.32. The maximum Gasteiger partial charge on any atom is 0.333 e. The molecule has 0 aromatic heterocycles. The van der Waals surface area contributed by atoms with Gasteiger partial charge in [0, 0.05) is 32.1 Å². The van der Waals surface area contributed by atoms with Crippen molar-refractivity contribution in [1.29, 1.82) is 0 Å². The second-order valence-electron chi connectivity index (χ2n) is 9.28. The summed E-state index contributed by atoms with van der Waals surface area (Å²) in [6.45, 7) is 2.50. The molecule has 178 valence electrons. The minimum absolute atomic E-state index is 0.0329. The highest BCUT2D eigenvalue weighted by molar-refractivity contribution is 5.93. The van der Waals surface area contributed by atoms with Crippen LogP contribution in [0.2, 0.25) is 0 Å². The van der Waals surface area contributed by atoms with Gasteiger partial charge in [0.2, 0.25) is 5.91 Å². The fourth-order valence-corrected chi connectivity index (χ4v) is 4.97. The number of rotatable bonds is 9. The number of β-lactam (4-membered cyclic amide) rings is 1. The Morgan fingerprint density at radius 1 is 0.829 bits per heavy atom. The number of fused-ring (bicyclic) bond motifs is 1. The Labute approximate surface area is 206 Å². The van der Waals surface area contributed by atoms with Crippen LogP contribution in [0.25, 0.3) is 0 Å². The Bertz CT molecular complexity index is 1140. The first-order chi connectivity index (χ1) is 17.2. The summed E-state index contributed by atoms with van der Waals surface area (Å²) in [5.41, 5.74) is 4.41. The van der Waals surface area contributed by atoms with Gasteiger partial charge in [-0.2, -0.15) is 0 Å². The molecule has 2 atom stereocenters. The summed E-state index contributed by atoms with van der Waals surface area (Å²) < 4.78 is 5.65. The molecule has 3 aromatic rings. The molecular formula is C30H30N2O3. The van der Waals surface area contributed by atoms with Crippen molar-refractivity contribution in [1.82, 2.24) is 9.80 Å². The SMILES string of the molecule is O=C(OCc1ccccc1)C1C(=CCN(Cc2ccccc2)Cc2ccccc2)CC2CC(=O)N21. The number of benzene rings is 3. The molecule has 2 unspecified atom stereocenters. The van der Waals surface area contributed by atoms with Crippen molar-refractivity contribution in [3.63, 3.8) is 0 Å². The minimum Gasteiger partial charge on any atom is -0.459 e. The summed E-state index contributed by atoms with van der Waals surface area (Å²) in [5, 5.41) is 0. The highest BCUT2D eigenvalue weighted by Gasteiger charge is 2.51. The minimum atomic E-state index is -0.611. The fourth-order valence-electron chi connectivity index (χ4n) is 4.97. The zero-order chi connectivity index (χ0) is 24.0. The van der Waals surface area contributed by atoms with Crippen LogP contribution in [0.15, 0.2) is 103 Å². The van der Waals surface area contributed by atoms with Gasteiger partial charge in [-0.15, -0.1) is 0 Å². The Kier molecular flexibility index (Phi) is 7.05. The van der Waals surface area contributed by atoms with Crippen LogP contribution in [0.3, 0.4) is 0 Å². The smallest absolute Gasteiger partial charge is 0.333 e. The van der Waals surface area contributed by atoms with Crippen molar-refractivity contribution in [2.75, 3.05) is 6.54 Å². The molecule has 2 heterocycles. The molecule has 2 aliphatic heterocycles. The highest BCUT2D eigenvalue weighted by Crippen LogP contribution is 2.39. The van der Waals surface area contributed by atoms with Gasteiger partial charge in [0.15, 0.2) is 6.04 Å². The van der Waals surface area contributed by atoms with Gasteiger partial charge in [-0.3, -0.25) is 9.69 Å². The lowest BCUT2D eigenvalue weighted by Gasteiger charge is -2.37. The molecule has 0 N–H and O–H groups in total. The van der Waals surface area contributed by atoms with Gasteiger partial charge >= 0.3 is 5.97 Å². The summed E-state index contributed by atoms with van der Waals surface area (Å²) in [5.74, 6) is -0.307. The van der Waals surface area contributed by atoms with Crippen LogP contribution in [0, 0.1) is 0 Å². The first-order valence-corrected chi connectivity index (χ1v) is 12.2. The average molecular weight is 467 g/mol. The zero-order valence-corrected chi connectivity index (χ0v) is 19.8. The average Bonchev–Trinajstić information content (AvgIpc) is 3.19. The number of carbonyl (C=O) groups excluding carboxylic acids is 2. The maximum absolute atomic E-state index is 13.1. The van der Waals surface area contributed by atoms with E-state index in [-0.39, 0.29) is 24.5 Å². The summed E-state index contributed by atoms with van der Waals surface area (Å²) in [6.07, 6.45) is 3.39. The van der Waals surface area contributed by atoms with E-state index >= 15 is 0 Å². The molecule has 2 saturated heterocycles. The molecule has 2 fully saturated rings. The van der Waals surface area contributed by atoms with Gasteiger partial charge in [0.05, 0.1) is 0 Å². The van der Waals surface area contributed by atoms with E-state index in [1.807, 2.05) is 42.5 Å². The molecule has 0 spiro atoms. The van der Waals surface area contributed by atoms with Crippen LogP contribution in [-0.2, 0) is 34.0 Å². The van der Waals surface area contributed by atoms with E-state index in [9.17, 15) is 9.59 Å². The first kappa shape index (κ1) is 23.1. The van der Waals surface area contributed by atoms with Crippen LogP contribution in [0.5, 0.6) is 0 Å². The summed E-state index contributed by atoms with van der Waals surface area (Å²) >= 11 is 0. The summed E-state index contributed by atoms with van der Waals surface area (Å²) in [4.78, 5) is 29.6. The van der Waals surface area contributed by atoms with Crippen molar-refractivity contribution in [3.8, 4) is 0 Å². The third kappa shape index (κ3) is 5.52. The third-order valence-corrected chi connectivity index (χ3v) is 6.75. The molecule has 2 aliphatic rings. The standard InChI is InChI=1S/C30H30N2O3/c33-28-19-27-18-26(29(32(27)28)30(34)35-22-25-14-8-3-9-15-25)16-17-31(20-23-10-4-1-5-11-23)21-24-12-6-2-7-13-24/h1-16,27,29H,17-22H2. The van der Waals surface area contributed by atoms with Crippen molar-refractivity contribution < 1.29 is 14.3 Å². The van der Waals surface area contributed by atoms with E-state index in [2.05, 4.69) is 59.5 Å². The van der Waals surface area contributed by atoms with Gasteiger partial charge in [0.1, 0.15) is 6.61 Å². The van der Waals surface area contributed by atoms with Gasteiger partial charge in [0.25, 0.3) is 0 Å². The topological polar surface area (TPSA) is 49.9 Å². The van der Waals surface area contributed by atoms with E-state index in [1.54, 1.807) is 4.90 Å². The fraction of sp³-hybridized carbons (Fsp3) is 0.267. The Morgan fingerprint density at radius 2 is 1.37 bits per heavy atom. The van der Waals surface area contributed by atoms with Gasteiger partial charge < -0.3 is 9.64 Å². The predicted molar refractivity (Wildman–Crippen MR) is 135 cm³/mol. The van der Waals surface area contributed by atoms with Gasteiger partial charge in [-0.05, 0) is 28.7 Å². The Hall–Kier alpha value is -3.70. The molecule has 0 saturated carbocycles. The number of amides is 1. The first-order valence-electron chi connectivity index (χ1n) is 12.2. The van der Waals surface area contributed by atoms with Crippen molar-refractivity contribution in [2.45, 2.75) is 44.6 Å². The predicted octanol–water partition coefficient (Wildman–Crippen LogP) is 4.73. The number of ether oxygens (including phenoxy) is 1. The maximum atomic E-state index is 13.1. The molecule has 5 rings (SSSR count). The van der Waals surface area contributed by atoms with E-state index in [0.717, 1.165) is 30.6 Å². The normalized spacial score (nSPS) is 20.1. The third-order valence-electron chi connectivity index (χ3n) is 6.75. The second-order valence-corrected chi connectivity index (χ2v) is 9.28. The molecule has 35 heavy (non-hydrogen) atoms. The molecule has 0 bridgehead atoms. The molecule has 0 aliphatic carbocycles. The molecule has 5 heteroatoms. The van der Waals surface area contributed by atoms with Crippen LogP contribution >= 0.6 is 0 Å². The number of nitrogens with zero attached hydrogens (tertiary/aromatic N) is 2. The summed E-state index contributed by atoms with van der Waals surface area (Å²) in [6, 6.07) is 30.0. The van der Waals surface area contributed by atoms with Gasteiger partial charge in [-0.1, -0.05) is 97.1 Å². The van der Waals surface area contributed by atoms with Gasteiger partial charge in [-0.25, -0.2) is 4.79 Å². The lowest BCUT2D eigenvalue weighted by Crippen LogP contribution is -2.54. The molecule has 3 aromatic carbocycles. The number of hydrogen-bond donors (Lipinski definition) is 0. The van der Waals surface area contributed by atoms with Crippen LogP contribution in [0.4, 0.5) is 0 Å². The van der Waals surface area contributed by atoms with Crippen LogP contribution < -0.4 is 0 Å². The monoisotopic (exact) mass is 466 g/mol. The Morgan fingerprint density at radius 3 is 1.91 bits per heavy atom. The molecule has 1 amide bonds. The lowest BCUT2D eigenvalue weighted by molar-refractivity contribution is -0.160. The number of esters is 1. The van der Waals surface area contributed by atoms with E-state index in [4.69, 9.17) is 4.74 Å². The lowest BCUT2D eigenvalue weighted by atomic mass is 10.0. The van der Waals surface area contributed by atoms with Crippen LogP contribution in [0.1, 0.15) is 29.5 Å². The molecule has 0 radical (unpaired) electrons. The highest BCUT2D eigenvalue weighted by atomic mass is 16.5. The molecular weight excluding hydrogens is 436 g/mol. The quantitative estimate of drug-likeness (QED) is 0.260. The van der Waals surface area contributed by atoms with Crippen molar-refractivity contribution >= 4 is 11.9 Å².